The molecule has 2 N–H and O–H groups in total. The van der Waals surface area contributed by atoms with E-state index in [1.165, 1.54) is 5.56 Å². The van der Waals surface area contributed by atoms with E-state index < -0.39 is 0 Å². The van der Waals surface area contributed by atoms with Gasteiger partial charge in [-0.05, 0) is 57.2 Å². The SMILES string of the molecule is CCC(=O)Nc1ccc(NCc2csc(Br)c2)cc1. The number of rotatable bonds is 5. The lowest BCUT2D eigenvalue weighted by Crippen LogP contribution is -2.09. The van der Waals surface area contributed by atoms with E-state index in [2.05, 4.69) is 38.0 Å². The van der Waals surface area contributed by atoms with Crippen molar-refractivity contribution >= 4 is 44.5 Å². The summed E-state index contributed by atoms with van der Waals surface area (Å²) in [6, 6.07) is 9.84. The van der Waals surface area contributed by atoms with Crippen molar-refractivity contribution in [1.82, 2.24) is 0 Å². The Bertz CT molecular complexity index is 551. The van der Waals surface area contributed by atoms with Gasteiger partial charge in [-0.3, -0.25) is 4.79 Å². The fourth-order valence-electron chi connectivity index (χ4n) is 1.56. The van der Waals surface area contributed by atoms with Crippen molar-refractivity contribution in [3.63, 3.8) is 0 Å². The number of thiophene rings is 1. The van der Waals surface area contributed by atoms with Gasteiger partial charge in [0.15, 0.2) is 0 Å². The molecular weight excluding hydrogens is 324 g/mol. The van der Waals surface area contributed by atoms with Gasteiger partial charge in [0.2, 0.25) is 5.91 Å². The van der Waals surface area contributed by atoms with Crippen LogP contribution in [0.2, 0.25) is 0 Å². The summed E-state index contributed by atoms with van der Waals surface area (Å²) < 4.78 is 1.14. The normalized spacial score (nSPS) is 10.2. The molecule has 2 aromatic rings. The number of anilines is 2. The largest absolute Gasteiger partial charge is 0.381 e. The van der Waals surface area contributed by atoms with Gasteiger partial charge in [0, 0.05) is 24.3 Å². The first-order valence-corrected chi connectivity index (χ1v) is 7.71. The van der Waals surface area contributed by atoms with Crippen LogP contribution < -0.4 is 10.6 Å². The van der Waals surface area contributed by atoms with E-state index in [1.54, 1.807) is 11.3 Å². The Morgan fingerprint density at radius 1 is 1.26 bits per heavy atom. The molecule has 0 fully saturated rings. The molecule has 2 rings (SSSR count). The second-order valence-corrected chi connectivity index (χ2v) is 6.38. The fraction of sp³-hybridized carbons (Fsp3) is 0.214. The number of carbonyl (C=O) groups excluding carboxylic acids is 1. The number of hydrogen-bond acceptors (Lipinski definition) is 3. The number of nitrogens with one attached hydrogen (secondary N) is 2. The van der Waals surface area contributed by atoms with Crippen molar-refractivity contribution < 1.29 is 4.79 Å². The molecule has 5 heteroatoms. The number of carbonyl (C=O) groups is 1. The first kappa shape index (κ1) is 14.1. The van der Waals surface area contributed by atoms with Crippen LogP contribution in [-0.2, 0) is 11.3 Å². The smallest absolute Gasteiger partial charge is 0.224 e. The molecule has 3 nitrogen and oxygen atoms in total. The molecule has 0 atom stereocenters. The summed E-state index contributed by atoms with van der Waals surface area (Å²) in [5.41, 5.74) is 3.12. The predicted molar refractivity (Wildman–Crippen MR) is 84.7 cm³/mol. The molecule has 100 valence electrons. The summed E-state index contributed by atoms with van der Waals surface area (Å²) in [6.45, 7) is 2.63. The molecule has 19 heavy (non-hydrogen) atoms. The zero-order chi connectivity index (χ0) is 13.7. The van der Waals surface area contributed by atoms with Crippen molar-refractivity contribution in [2.24, 2.45) is 0 Å². The van der Waals surface area contributed by atoms with Crippen LogP contribution in [0.5, 0.6) is 0 Å². The van der Waals surface area contributed by atoms with Crippen LogP contribution in [-0.4, -0.2) is 5.91 Å². The summed E-state index contributed by atoms with van der Waals surface area (Å²) in [5.74, 6) is 0.0313. The molecule has 0 aliphatic heterocycles. The lowest BCUT2D eigenvalue weighted by Gasteiger charge is -2.07. The van der Waals surface area contributed by atoms with E-state index in [9.17, 15) is 4.79 Å². The van der Waals surface area contributed by atoms with Crippen LogP contribution in [0.25, 0.3) is 0 Å². The molecule has 0 saturated carbocycles. The zero-order valence-electron chi connectivity index (χ0n) is 10.6. The quantitative estimate of drug-likeness (QED) is 0.844. The second-order valence-electron chi connectivity index (χ2n) is 4.09. The van der Waals surface area contributed by atoms with Gasteiger partial charge in [-0.2, -0.15) is 0 Å². The van der Waals surface area contributed by atoms with Gasteiger partial charge in [0.1, 0.15) is 0 Å². The third-order valence-corrected chi connectivity index (χ3v) is 4.16. The second kappa shape index (κ2) is 6.73. The third kappa shape index (κ3) is 4.36. The van der Waals surface area contributed by atoms with E-state index in [4.69, 9.17) is 0 Å². The Labute approximate surface area is 125 Å². The Balaban J connectivity index is 1.89. The van der Waals surface area contributed by atoms with Crippen LogP contribution in [0, 0.1) is 0 Å². The van der Waals surface area contributed by atoms with E-state index in [1.807, 2.05) is 31.2 Å². The van der Waals surface area contributed by atoms with Crippen molar-refractivity contribution in [2.75, 3.05) is 10.6 Å². The lowest BCUT2D eigenvalue weighted by atomic mass is 10.2. The lowest BCUT2D eigenvalue weighted by molar-refractivity contribution is -0.115. The molecule has 1 heterocycles. The average Bonchev–Trinajstić information content (AvgIpc) is 2.83. The Morgan fingerprint density at radius 2 is 1.95 bits per heavy atom. The number of benzene rings is 1. The molecule has 0 saturated heterocycles. The molecule has 0 spiro atoms. The van der Waals surface area contributed by atoms with Crippen molar-refractivity contribution in [1.29, 1.82) is 0 Å². The van der Waals surface area contributed by atoms with Gasteiger partial charge in [-0.15, -0.1) is 11.3 Å². The Hall–Kier alpha value is -1.33. The topological polar surface area (TPSA) is 41.1 Å². The summed E-state index contributed by atoms with van der Waals surface area (Å²) in [6.07, 6.45) is 0.493. The standard InChI is InChI=1S/C14H15BrN2OS/c1-2-14(18)17-12-5-3-11(4-6-12)16-8-10-7-13(15)19-9-10/h3-7,9,16H,2,8H2,1H3,(H,17,18). The van der Waals surface area contributed by atoms with E-state index >= 15 is 0 Å². The van der Waals surface area contributed by atoms with Gasteiger partial charge >= 0.3 is 0 Å². The van der Waals surface area contributed by atoms with Gasteiger partial charge in [0.05, 0.1) is 3.79 Å². The minimum Gasteiger partial charge on any atom is -0.381 e. The maximum atomic E-state index is 11.2. The Kier molecular flexibility index (Phi) is 4.99. The van der Waals surface area contributed by atoms with Crippen LogP contribution in [0.15, 0.2) is 39.5 Å². The van der Waals surface area contributed by atoms with Crippen molar-refractivity contribution in [2.45, 2.75) is 19.9 Å². The highest BCUT2D eigenvalue weighted by atomic mass is 79.9. The van der Waals surface area contributed by atoms with Gasteiger partial charge in [0.25, 0.3) is 0 Å². The average molecular weight is 339 g/mol. The van der Waals surface area contributed by atoms with Gasteiger partial charge in [-0.1, -0.05) is 6.92 Å². The first-order chi connectivity index (χ1) is 9.17. The predicted octanol–water partition coefficient (Wildman–Crippen LogP) is 4.47. The third-order valence-electron chi connectivity index (χ3n) is 2.61. The molecule has 0 unspecified atom stereocenters. The summed E-state index contributed by atoms with van der Waals surface area (Å²) in [4.78, 5) is 11.2. The minimum atomic E-state index is 0.0313. The van der Waals surface area contributed by atoms with Crippen molar-refractivity contribution in [3.05, 3.63) is 45.1 Å². The van der Waals surface area contributed by atoms with E-state index in [0.717, 1.165) is 21.7 Å². The first-order valence-electron chi connectivity index (χ1n) is 6.04. The van der Waals surface area contributed by atoms with Gasteiger partial charge in [-0.25, -0.2) is 0 Å². The summed E-state index contributed by atoms with van der Waals surface area (Å²) >= 11 is 5.13. The zero-order valence-corrected chi connectivity index (χ0v) is 13.0. The summed E-state index contributed by atoms with van der Waals surface area (Å²) in [7, 11) is 0. The van der Waals surface area contributed by atoms with Crippen molar-refractivity contribution in [3.8, 4) is 0 Å². The molecule has 0 bridgehead atoms. The monoisotopic (exact) mass is 338 g/mol. The summed E-state index contributed by atoms with van der Waals surface area (Å²) in [5, 5.41) is 8.28. The molecule has 0 radical (unpaired) electrons. The highest BCUT2D eigenvalue weighted by Crippen LogP contribution is 2.22. The maximum absolute atomic E-state index is 11.2. The van der Waals surface area contributed by atoms with E-state index in [-0.39, 0.29) is 5.91 Å². The highest BCUT2D eigenvalue weighted by molar-refractivity contribution is 9.11. The number of amides is 1. The Morgan fingerprint density at radius 3 is 2.53 bits per heavy atom. The van der Waals surface area contributed by atoms with E-state index in [0.29, 0.717) is 6.42 Å². The van der Waals surface area contributed by atoms with Crippen LogP contribution >= 0.6 is 27.3 Å². The molecule has 0 aliphatic rings. The molecule has 1 amide bonds. The molecule has 1 aromatic heterocycles. The fourth-order valence-corrected chi connectivity index (χ4v) is 2.77. The molecule has 0 aliphatic carbocycles. The number of hydrogen-bond donors (Lipinski definition) is 2. The minimum absolute atomic E-state index is 0.0313. The van der Waals surface area contributed by atoms with Crippen LogP contribution in [0.1, 0.15) is 18.9 Å². The highest BCUT2D eigenvalue weighted by Gasteiger charge is 2.00. The maximum Gasteiger partial charge on any atom is 0.224 e. The van der Waals surface area contributed by atoms with Crippen LogP contribution in [0.3, 0.4) is 0 Å². The molecule has 1 aromatic carbocycles. The molecular formula is C14H15BrN2OS. The van der Waals surface area contributed by atoms with Crippen LogP contribution in [0.4, 0.5) is 11.4 Å². The van der Waals surface area contributed by atoms with Gasteiger partial charge < -0.3 is 10.6 Å². The number of halogens is 1.